The molecule has 0 amide bonds. The van der Waals surface area contributed by atoms with E-state index in [0.717, 1.165) is 4.68 Å². The van der Waals surface area contributed by atoms with Crippen LogP contribution in [0.25, 0.3) is 0 Å². The predicted molar refractivity (Wildman–Crippen MR) is 40.1 cm³/mol. The quantitative estimate of drug-likeness (QED) is 0.451. The van der Waals surface area contributed by atoms with E-state index < -0.39 is 11.3 Å². The largest absolute Gasteiger partial charge is 1.00 e. The standard InChI is InChI=1S/C7H10N2O3.Na/c1-3-12-5-4-8-9(2)7(11)6(5)10;/h4,10H,3H2,1-2H3;/q;+1/p-1. The Labute approximate surface area is 97.6 Å². The zero-order chi connectivity index (χ0) is 9.14. The summed E-state index contributed by atoms with van der Waals surface area (Å²) in [6.07, 6.45) is 1.24. The molecule has 1 aromatic heterocycles. The Balaban J connectivity index is 0.00000144. The molecular weight excluding hydrogens is 183 g/mol. The average Bonchev–Trinajstić information content (AvgIpc) is 2.07. The Kier molecular flexibility index (Phi) is 5.05. The van der Waals surface area contributed by atoms with Crippen LogP contribution in [0.4, 0.5) is 0 Å². The van der Waals surface area contributed by atoms with E-state index in [4.69, 9.17) is 4.74 Å². The summed E-state index contributed by atoms with van der Waals surface area (Å²) in [4.78, 5) is 11.0. The number of rotatable bonds is 2. The van der Waals surface area contributed by atoms with Gasteiger partial charge in [0.15, 0.2) is 0 Å². The van der Waals surface area contributed by atoms with E-state index in [1.807, 2.05) is 0 Å². The number of aryl methyl sites for hydroxylation is 1. The molecule has 1 heterocycles. The molecule has 66 valence electrons. The number of ether oxygens (including phenoxy) is 1. The third kappa shape index (κ3) is 2.72. The van der Waals surface area contributed by atoms with Gasteiger partial charge >= 0.3 is 29.6 Å². The topological polar surface area (TPSA) is 67.2 Å². The molecule has 0 bridgehead atoms. The Morgan fingerprint density at radius 1 is 1.69 bits per heavy atom. The zero-order valence-corrected chi connectivity index (χ0v) is 9.90. The van der Waals surface area contributed by atoms with Gasteiger partial charge in [-0.05, 0) is 6.92 Å². The van der Waals surface area contributed by atoms with Crippen LogP contribution in [0.1, 0.15) is 6.92 Å². The summed E-state index contributed by atoms with van der Waals surface area (Å²) in [5.74, 6) is -0.630. The third-order valence-electron chi connectivity index (χ3n) is 1.36. The van der Waals surface area contributed by atoms with E-state index in [1.165, 1.54) is 13.2 Å². The Morgan fingerprint density at radius 3 is 2.85 bits per heavy atom. The van der Waals surface area contributed by atoms with Crippen LogP contribution in [0.3, 0.4) is 0 Å². The van der Waals surface area contributed by atoms with E-state index in [2.05, 4.69) is 5.10 Å². The molecule has 5 nitrogen and oxygen atoms in total. The number of aromatic nitrogens is 2. The van der Waals surface area contributed by atoms with Gasteiger partial charge in [-0.15, -0.1) is 0 Å². The van der Waals surface area contributed by atoms with Crippen LogP contribution in [0.15, 0.2) is 11.0 Å². The fraction of sp³-hybridized carbons (Fsp3) is 0.429. The summed E-state index contributed by atoms with van der Waals surface area (Å²) in [6.45, 7) is 2.08. The second kappa shape index (κ2) is 5.26. The molecule has 0 aliphatic rings. The van der Waals surface area contributed by atoms with Gasteiger partial charge in [-0.2, -0.15) is 5.10 Å². The van der Waals surface area contributed by atoms with Crippen LogP contribution < -0.4 is 45.0 Å². The summed E-state index contributed by atoms with van der Waals surface area (Å²) in [7, 11) is 1.42. The van der Waals surface area contributed by atoms with E-state index in [0.29, 0.717) is 6.61 Å². The van der Waals surface area contributed by atoms with Crippen molar-refractivity contribution in [2.75, 3.05) is 6.61 Å². The maximum absolute atomic E-state index is 11.1. The van der Waals surface area contributed by atoms with Gasteiger partial charge in [-0.25, -0.2) is 4.68 Å². The molecule has 0 unspecified atom stereocenters. The van der Waals surface area contributed by atoms with Crippen LogP contribution in [-0.2, 0) is 7.05 Å². The van der Waals surface area contributed by atoms with Crippen molar-refractivity contribution in [1.82, 2.24) is 9.78 Å². The summed E-state index contributed by atoms with van der Waals surface area (Å²) >= 11 is 0. The molecular formula is C7H9N2NaO3. The predicted octanol–water partition coefficient (Wildman–Crippen LogP) is -3.74. The zero-order valence-electron chi connectivity index (χ0n) is 7.90. The van der Waals surface area contributed by atoms with Crippen LogP contribution in [0, 0.1) is 0 Å². The summed E-state index contributed by atoms with van der Waals surface area (Å²) in [5.41, 5.74) is -0.666. The fourth-order valence-corrected chi connectivity index (χ4v) is 0.761. The van der Waals surface area contributed by atoms with Gasteiger partial charge in [0.1, 0.15) is 5.75 Å². The third-order valence-corrected chi connectivity index (χ3v) is 1.36. The number of nitrogens with zero attached hydrogens (tertiary/aromatic N) is 2. The molecule has 0 aliphatic heterocycles. The van der Waals surface area contributed by atoms with E-state index in [1.54, 1.807) is 6.92 Å². The molecule has 0 spiro atoms. The summed E-state index contributed by atoms with van der Waals surface area (Å²) in [5, 5.41) is 14.7. The monoisotopic (exact) mass is 192 g/mol. The van der Waals surface area contributed by atoms with E-state index >= 15 is 0 Å². The maximum atomic E-state index is 11.1. The molecule has 0 saturated carbocycles. The van der Waals surface area contributed by atoms with Crippen molar-refractivity contribution in [3.63, 3.8) is 0 Å². The van der Waals surface area contributed by atoms with Crippen LogP contribution in [0.5, 0.6) is 11.5 Å². The normalized spacial score (nSPS) is 9.08. The summed E-state index contributed by atoms with van der Waals surface area (Å²) in [6, 6.07) is 0. The minimum absolute atomic E-state index is 0. The van der Waals surface area contributed by atoms with Gasteiger partial charge in [0.25, 0.3) is 5.56 Å². The van der Waals surface area contributed by atoms with Crippen molar-refractivity contribution < 1.29 is 39.4 Å². The molecule has 0 N–H and O–H groups in total. The Morgan fingerprint density at radius 2 is 2.31 bits per heavy atom. The van der Waals surface area contributed by atoms with Crippen LogP contribution >= 0.6 is 0 Å². The summed E-state index contributed by atoms with van der Waals surface area (Å²) < 4.78 is 5.86. The minimum Gasteiger partial charge on any atom is -0.866 e. The molecule has 1 rings (SSSR count). The maximum Gasteiger partial charge on any atom is 1.00 e. The first-order valence-corrected chi connectivity index (χ1v) is 3.53. The first-order chi connectivity index (χ1) is 5.66. The van der Waals surface area contributed by atoms with Gasteiger partial charge in [0.05, 0.1) is 12.8 Å². The van der Waals surface area contributed by atoms with Crippen molar-refractivity contribution in [2.45, 2.75) is 6.92 Å². The van der Waals surface area contributed by atoms with Crippen molar-refractivity contribution in [3.05, 3.63) is 16.6 Å². The van der Waals surface area contributed by atoms with E-state index in [-0.39, 0.29) is 35.3 Å². The van der Waals surface area contributed by atoms with Crippen LogP contribution in [0.2, 0.25) is 0 Å². The second-order valence-electron chi connectivity index (χ2n) is 2.20. The molecule has 0 saturated heterocycles. The second-order valence-corrected chi connectivity index (χ2v) is 2.20. The van der Waals surface area contributed by atoms with Crippen molar-refractivity contribution in [3.8, 4) is 11.5 Å². The molecule has 0 fully saturated rings. The molecule has 6 heteroatoms. The van der Waals surface area contributed by atoms with Gasteiger partial charge in [-0.1, -0.05) is 0 Å². The minimum atomic E-state index is -0.666. The average molecular weight is 192 g/mol. The van der Waals surface area contributed by atoms with Gasteiger partial charge < -0.3 is 9.84 Å². The SMILES string of the molecule is CCOc1cnn(C)c(=O)c1[O-].[Na+]. The van der Waals surface area contributed by atoms with Crippen molar-refractivity contribution >= 4 is 0 Å². The van der Waals surface area contributed by atoms with Crippen molar-refractivity contribution in [1.29, 1.82) is 0 Å². The first-order valence-electron chi connectivity index (χ1n) is 3.53. The molecule has 13 heavy (non-hydrogen) atoms. The molecule has 1 aromatic rings. The first kappa shape index (κ1) is 12.5. The van der Waals surface area contributed by atoms with Gasteiger partial charge in [-0.3, -0.25) is 4.79 Å². The Bertz CT molecular complexity index is 337. The fourth-order valence-electron chi connectivity index (χ4n) is 0.761. The molecule has 0 atom stereocenters. The molecule has 0 aromatic carbocycles. The molecule has 0 radical (unpaired) electrons. The van der Waals surface area contributed by atoms with Crippen molar-refractivity contribution in [2.24, 2.45) is 7.05 Å². The van der Waals surface area contributed by atoms with E-state index in [9.17, 15) is 9.90 Å². The molecule has 0 aliphatic carbocycles. The smallest absolute Gasteiger partial charge is 0.866 e. The van der Waals surface area contributed by atoms with Gasteiger partial charge in [0, 0.05) is 12.8 Å². The van der Waals surface area contributed by atoms with Gasteiger partial charge in [0.2, 0.25) is 0 Å². The van der Waals surface area contributed by atoms with Crippen LogP contribution in [-0.4, -0.2) is 16.4 Å². The number of hydrogen-bond acceptors (Lipinski definition) is 4. The number of hydrogen-bond donors (Lipinski definition) is 0. The Hall–Kier alpha value is -0.520.